The van der Waals surface area contributed by atoms with Crippen LogP contribution in [0.2, 0.25) is 0 Å². The molecule has 1 heterocycles. The van der Waals surface area contributed by atoms with Crippen molar-refractivity contribution in [1.82, 2.24) is 0 Å². The zero-order valence-electron chi connectivity index (χ0n) is 20.9. The molecule has 3 nitrogen and oxygen atoms in total. The average molecular weight is 429 g/mol. The van der Waals surface area contributed by atoms with Gasteiger partial charge < -0.3 is 9.84 Å². The highest BCUT2D eigenvalue weighted by Gasteiger charge is 2.20. The number of carbonyl (C=O) groups excluding carboxylic acids is 1. The van der Waals surface area contributed by atoms with Crippen molar-refractivity contribution < 1.29 is 14.6 Å². The van der Waals surface area contributed by atoms with Crippen molar-refractivity contribution in [2.45, 2.75) is 93.3 Å². The molecular formula is C28H44O3. The molecule has 3 heteroatoms. The molecule has 0 radical (unpaired) electrons. The molecule has 1 aliphatic rings. The second kappa shape index (κ2) is 13.5. The molecule has 0 aromatic heterocycles. The van der Waals surface area contributed by atoms with Gasteiger partial charge in [-0.3, -0.25) is 0 Å². The minimum atomic E-state index is -0.501. The van der Waals surface area contributed by atoms with Gasteiger partial charge in [-0.25, -0.2) is 4.79 Å². The molecule has 174 valence electrons. The first-order chi connectivity index (χ1) is 14.6. The van der Waals surface area contributed by atoms with Gasteiger partial charge in [-0.2, -0.15) is 0 Å². The monoisotopic (exact) mass is 428 g/mol. The van der Waals surface area contributed by atoms with Gasteiger partial charge in [0.15, 0.2) is 0 Å². The maximum Gasteiger partial charge on any atom is 0.334 e. The summed E-state index contributed by atoms with van der Waals surface area (Å²) in [7, 11) is 0. The smallest absolute Gasteiger partial charge is 0.334 e. The SMILES string of the molecule is CC/C1=C\C=C\C[C@H](C)/C(C)=C/[C@H](CC)[C@@H](O)/C(C)=C/C(C)=C/C[C@@H](C(C)C)OC1=O. The summed E-state index contributed by atoms with van der Waals surface area (Å²) in [5, 5.41) is 11.0. The maximum absolute atomic E-state index is 12.7. The number of hydrogen-bond acceptors (Lipinski definition) is 3. The van der Waals surface area contributed by atoms with E-state index in [1.807, 2.05) is 32.9 Å². The summed E-state index contributed by atoms with van der Waals surface area (Å²) in [6.07, 6.45) is 14.8. The molecule has 1 rings (SSSR count). The third-order valence-electron chi connectivity index (χ3n) is 6.29. The molecule has 1 aliphatic heterocycles. The van der Waals surface area contributed by atoms with Crippen molar-refractivity contribution in [2.75, 3.05) is 0 Å². The van der Waals surface area contributed by atoms with E-state index in [1.165, 1.54) is 5.57 Å². The maximum atomic E-state index is 12.7. The van der Waals surface area contributed by atoms with E-state index in [-0.39, 0.29) is 23.9 Å². The number of esters is 1. The summed E-state index contributed by atoms with van der Waals surface area (Å²) in [4.78, 5) is 12.7. The molecule has 0 saturated heterocycles. The fourth-order valence-electron chi connectivity index (χ4n) is 3.73. The van der Waals surface area contributed by atoms with Gasteiger partial charge >= 0.3 is 5.97 Å². The number of allylic oxidation sites excluding steroid dienone is 6. The van der Waals surface area contributed by atoms with Gasteiger partial charge in [0.1, 0.15) is 6.10 Å². The quantitative estimate of drug-likeness (QED) is 0.385. The number of carbonyl (C=O) groups is 1. The second-order valence-electron chi connectivity index (χ2n) is 9.30. The van der Waals surface area contributed by atoms with Crippen LogP contribution in [-0.2, 0) is 9.53 Å². The Bertz CT molecular complexity index is 733. The van der Waals surface area contributed by atoms with Crippen LogP contribution in [0.15, 0.2) is 58.7 Å². The Hall–Kier alpha value is -1.87. The summed E-state index contributed by atoms with van der Waals surface area (Å²) < 4.78 is 5.86. The number of aliphatic hydroxyl groups excluding tert-OH is 1. The standard InChI is InChI=1S/C28H44O3/c1-9-24-14-12-11-13-21(6)22(7)18-25(10-2)27(29)23(8)17-20(5)15-16-26(19(3)4)31-28(24)30/h11-12,14-15,17-19,21,25-27,29H,9-10,13,16H2,1-8H3/b12-11+,20-15+,22-18+,23-17+,24-14+/t21-,25-,26-,27-/m0/s1. The van der Waals surface area contributed by atoms with Crippen LogP contribution >= 0.6 is 0 Å². The highest BCUT2D eigenvalue weighted by atomic mass is 16.5. The molecule has 0 aliphatic carbocycles. The van der Waals surface area contributed by atoms with Gasteiger partial charge in [-0.1, -0.05) is 82.2 Å². The molecule has 1 N–H and O–H groups in total. The largest absolute Gasteiger partial charge is 0.458 e. The molecule has 0 spiro atoms. The Morgan fingerprint density at radius 2 is 1.81 bits per heavy atom. The molecule has 0 aromatic carbocycles. The van der Waals surface area contributed by atoms with Crippen LogP contribution in [0.5, 0.6) is 0 Å². The Kier molecular flexibility index (Phi) is 11.8. The Balaban J connectivity index is 3.35. The van der Waals surface area contributed by atoms with E-state index < -0.39 is 6.10 Å². The zero-order chi connectivity index (χ0) is 23.6. The van der Waals surface area contributed by atoms with Gasteiger partial charge in [0.05, 0.1) is 6.10 Å². The minimum absolute atomic E-state index is 0.102. The normalized spacial score (nSPS) is 35.2. The fourth-order valence-corrected chi connectivity index (χ4v) is 3.73. The molecule has 0 amide bonds. The van der Waals surface area contributed by atoms with Gasteiger partial charge in [-0.05, 0) is 57.4 Å². The van der Waals surface area contributed by atoms with Gasteiger partial charge in [0.2, 0.25) is 0 Å². The number of cyclic esters (lactones) is 1. The topological polar surface area (TPSA) is 46.5 Å². The van der Waals surface area contributed by atoms with Crippen LogP contribution < -0.4 is 0 Å². The van der Waals surface area contributed by atoms with Crippen LogP contribution in [0.4, 0.5) is 0 Å². The third kappa shape index (κ3) is 9.03. The van der Waals surface area contributed by atoms with Crippen molar-refractivity contribution in [1.29, 1.82) is 0 Å². The van der Waals surface area contributed by atoms with Gasteiger partial charge in [0.25, 0.3) is 0 Å². The lowest BCUT2D eigenvalue weighted by Crippen LogP contribution is -2.24. The lowest BCUT2D eigenvalue weighted by Gasteiger charge is -2.23. The van der Waals surface area contributed by atoms with E-state index in [0.29, 0.717) is 24.3 Å². The molecule has 4 atom stereocenters. The van der Waals surface area contributed by atoms with Crippen molar-refractivity contribution in [2.24, 2.45) is 17.8 Å². The first kappa shape index (κ1) is 27.2. The molecule has 0 aromatic rings. The summed E-state index contributed by atoms with van der Waals surface area (Å²) in [6, 6.07) is 0. The molecule has 31 heavy (non-hydrogen) atoms. The van der Waals surface area contributed by atoms with Crippen molar-refractivity contribution in [3.8, 4) is 0 Å². The number of rotatable bonds is 3. The zero-order valence-corrected chi connectivity index (χ0v) is 20.9. The van der Waals surface area contributed by atoms with Gasteiger partial charge in [-0.15, -0.1) is 0 Å². The number of hydrogen-bond donors (Lipinski definition) is 1. The molecule has 0 bridgehead atoms. The summed E-state index contributed by atoms with van der Waals surface area (Å²) in [5.74, 6) is 0.472. The highest BCUT2D eigenvalue weighted by molar-refractivity contribution is 5.88. The van der Waals surface area contributed by atoms with Crippen molar-refractivity contribution in [3.05, 3.63) is 58.7 Å². The Morgan fingerprint density at radius 3 is 2.39 bits per heavy atom. The Morgan fingerprint density at radius 1 is 1.13 bits per heavy atom. The van der Waals surface area contributed by atoms with Crippen LogP contribution in [0.25, 0.3) is 0 Å². The summed E-state index contributed by atoms with van der Waals surface area (Å²) in [6.45, 7) is 16.7. The van der Waals surface area contributed by atoms with E-state index >= 15 is 0 Å². The van der Waals surface area contributed by atoms with E-state index in [0.717, 1.165) is 24.0 Å². The molecular weight excluding hydrogens is 384 g/mol. The fraction of sp³-hybridized carbons (Fsp3) is 0.607. The van der Waals surface area contributed by atoms with E-state index in [1.54, 1.807) is 0 Å². The Labute approximate surface area is 190 Å². The van der Waals surface area contributed by atoms with Crippen LogP contribution in [0.3, 0.4) is 0 Å². The lowest BCUT2D eigenvalue weighted by molar-refractivity contribution is -0.146. The van der Waals surface area contributed by atoms with Crippen LogP contribution in [0, 0.1) is 17.8 Å². The predicted octanol–water partition coefficient (Wildman–Crippen LogP) is 7.10. The van der Waals surface area contributed by atoms with Crippen LogP contribution in [0.1, 0.15) is 81.1 Å². The lowest BCUT2D eigenvalue weighted by atomic mass is 9.88. The average Bonchev–Trinajstić information content (AvgIpc) is 2.72. The second-order valence-corrected chi connectivity index (χ2v) is 9.30. The molecule has 0 fully saturated rings. The van der Waals surface area contributed by atoms with E-state index in [4.69, 9.17) is 4.74 Å². The van der Waals surface area contributed by atoms with E-state index in [2.05, 4.69) is 58.9 Å². The first-order valence-corrected chi connectivity index (χ1v) is 11.9. The highest BCUT2D eigenvalue weighted by Crippen LogP contribution is 2.25. The van der Waals surface area contributed by atoms with Crippen LogP contribution in [-0.4, -0.2) is 23.3 Å². The third-order valence-corrected chi connectivity index (χ3v) is 6.29. The number of aliphatic hydroxyl groups is 1. The molecule has 0 saturated carbocycles. The van der Waals surface area contributed by atoms with Crippen molar-refractivity contribution >= 4 is 5.97 Å². The van der Waals surface area contributed by atoms with Gasteiger partial charge in [0, 0.05) is 17.9 Å². The number of ether oxygens (including phenoxy) is 1. The predicted molar refractivity (Wildman–Crippen MR) is 132 cm³/mol. The first-order valence-electron chi connectivity index (χ1n) is 11.9. The summed E-state index contributed by atoms with van der Waals surface area (Å²) >= 11 is 0. The minimum Gasteiger partial charge on any atom is -0.458 e. The molecule has 0 unspecified atom stereocenters. The van der Waals surface area contributed by atoms with E-state index in [9.17, 15) is 9.90 Å². The van der Waals surface area contributed by atoms with Crippen molar-refractivity contribution in [3.63, 3.8) is 0 Å². The summed E-state index contributed by atoms with van der Waals surface area (Å²) in [5.41, 5.74) is 4.04.